The van der Waals surface area contributed by atoms with Crippen LogP contribution in [0.5, 0.6) is 0 Å². The topological polar surface area (TPSA) is 70.2 Å². The average Bonchev–Trinajstić information content (AvgIpc) is 2.87. The van der Waals surface area contributed by atoms with Crippen LogP contribution in [0.4, 0.5) is 0 Å². The van der Waals surface area contributed by atoms with Crippen molar-refractivity contribution in [1.82, 2.24) is 20.2 Å². The van der Waals surface area contributed by atoms with Crippen molar-refractivity contribution in [2.75, 3.05) is 26.2 Å². The number of likely N-dealkylation sites (N-methyl/N-ethyl adjacent to an activating group) is 1. The van der Waals surface area contributed by atoms with Gasteiger partial charge in [-0.2, -0.15) is 0 Å². The van der Waals surface area contributed by atoms with Crippen molar-refractivity contribution >= 4 is 0 Å². The fourth-order valence-electron chi connectivity index (χ4n) is 2.51. The monoisotopic (exact) mass is 250 g/mol. The van der Waals surface area contributed by atoms with Crippen molar-refractivity contribution in [3.8, 4) is 0 Å². The van der Waals surface area contributed by atoms with E-state index in [1.54, 1.807) is 0 Å². The molecule has 0 bridgehead atoms. The maximum atomic E-state index is 11.9. The second-order valence-corrected chi connectivity index (χ2v) is 4.73. The van der Waals surface area contributed by atoms with Crippen LogP contribution in [0, 0.1) is 0 Å². The van der Waals surface area contributed by atoms with Gasteiger partial charge in [0.05, 0.1) is 17.9 Å². The number of aromatic amines is 1. The van der Waals surface area contributed by atoms with Gasteiger partial charge in [-0.15, -0.1) is 0 Å². The van der Waals surface area contributed by atoms with E-state index in [4.69, 9.17) is 4.74 Å². The minimum atomic E-state index is -0.114. The maximum Gasteiger partial charge on any atom is 0.255 e. The van der Waals surface area contributed by atoms with Gasteiger partial charge in [-0.25, -0.2) is 4.98 Å². The highest BCUT2D eigenvalue weighted by Crippen LogP contribution is 2.19. The smallest absolute Gasteiger partial charge is 0.255 e. The summed E-state index contributed by atoms with van der Waals surface area (Å²) in [6, 6.07) is 0. The Hall–Kier alpha value is -1.24. The summed E-state index contributed by atoms with van der Waals surface area (Å²) >= 11 is 0. The number of H-pyrrole nitrogens is 1. The molecule has 2 aliphatic rings. The van der Waals surface area contributed by atoms with Gasteiger partial charge in [0.1, 0.15) is 11.9 Å². The van der Waals surface area contributed by atoms with E-state index in [1.807, 2.05) is 0 Å². The Bertz CT molecular complexity index is 499. The van der Waals surface area contributed by atoms with Gasteiger partial charge in [0.2, 0.25) is 0 Å². The van der Waals surface area contributed by atoms with Crippen LogP contribution in [0.2, 0.25) is 0 Å². The number of hydrogen-bond donors (Lipinski definition) is 2. The van der Waals surface area contributed by atoms with E-state index in [1.165, 1.54) is 0 Å². The number of hydrogen-bond acceptors (Lipinski definition) is 5. The average molecular weight is 250 g/mol. The molecule has 0 aromatic carbocycles. The molecule has 0 amide bonds. The maximum absolute atomic E-state index is 11.9. The first-order valence-electron chi connectivity index (χ1n) is 6.44. The minimum Gasteiger partial charge on any atom is -0.368 e. The van der Waals surface area contributed by atoms with Crippen LogP contribution in [0.3, 0.4) is 0 Å². The fourth-order valence-corrected chi connectivity index (χ4v) is 2.51. The van der Waals surface area contributed by atoms with Crippen LogP contribution in [0.15, 0.2) is 4.79 Å². The number of rotatable bonds is 2. The van der Waals surface area contributed by atoms with Gasteiger partial charge in [0, 0.05) is 26.2 Å². The zero-order valence-corrected chi connectivity index (χ0v) is 10.5. The van der Waals surface area contributed by atoms with E-state index in [9.17, 15) is 4.79 Å². The molecule has 0 saturated carbocycles. The van der Waals surface area contributed by atoms with Crippen LogP contribution in [-0.2, 0) is 17.8 Å². The van der Waals surface area contributed by atoms with Gasteiger partial charge < -0.3 is 15.0 Å². The van der Waals surface area contributed by atoms with E-state index >= 15 is 0 Å². The molecule has 0 aliphatic carbocycles. The second kappa shape index (κ2) is 4.79. The third-order valence-corrected chi connectivity index (χ3v) is 3.62. The van der Waals surface area contributed by atoms with Gasteiger partial charge in [-0.05, 0) is 6.54 Å². The third-order valence-electron chi connectivity index (χ3n) is 3.62. The van der Waals surface area contributed by atoms with Crippen molar-refractivity contribution in [2.45, 2.75) is 26.1 Å². The molecule has 6 nitrogen and oxygen atoms in total. The molecule has 1 atom stereocenters. The number of ether oxygens (including phenoxy) is 1. The Balaban J connectivity index is 1.88. The molecule has 3 rings (SSSR count). The molecule has 1 aromatic rings. The number of nitrogens with zero attached hydrogens (tertiary/aromatic N) is 2. The molecule has 1 saturated heterocycles. The van der Waals surface area contributed by atoms with E-state index in [-0.39, 0.29) is 11.7 Å². The highest BCUT2D eigenvalue weighted by Gasteiger charge is 2.25. The number of nitrogens with one attached hydrogen (secondary N) is 2. The molecule has 1 aromatic heterocycles. The lowest BCUT2D eigenvalue weighted by Crippen LogP contribution is -2.39. The Kier molecular flexibility index (Phi) is 3.15. The summed E-state index contributed by atoms with van der Waals surface area (Å²) in [5, 5.41) is 3.14. The van der Waals surface area contributed by atoms with Crippen LogP contribution in [0.25, 0.3) is 0 Å². The number of morpholine rings is 1. The van der Waals surface area contributed by atoms with Crippen molar-refractivity contribution < 1.29 is 4.74 Å². The fraction of sp³-hybridized carbons (Fsp3) is 0.667. The Labute approximate surface area is 105 Å². The first kappa shape index (κ1) is 11.8. The molecule has 3 heterocycles. The Morgan fingerprint density at radius 3 is 3.22 bits per heavy atom. The standard InChI is InChI=1S/C12H18N4O2/c1-2-16-3-4-18-10(7-16)11-14-9-6-13-5-8(9)12(17)15-11/h10,13H,2-7H2,1H3,(H,14,15,17). The quantitative estimate of drug-likeness (QED) is 0.758. The molecule has 18 heavy (non-hydrogen) atoms. The first-order valence-corrected chi connectivity index (χ1v) is 6.44. The Morgan fingerprint density at radius 2 is 2.39 bits per heavy atom. The van der Waals surface area contributed by atoms with E-state index in [2.05, 4.69) is 27.1 Å². The molecule has 1 fully saturated rings. The predicted octanol–water partition coefficient (Wildman–Crippen LogP) is -0.234. The zero-order chi connectivity index (χ0) is 12.5. The van der Waals surface area contributed by atoms with Crippen molar-refractivity contribution in [1.29, 1.82) is 0 Å². The highest BCUT2D eigenvalue weighted by atomic mass is 16.5. The molecule has 0 spiro atoms. The summed E-state index contributed by atoms with van der Waals surface area (Å²) in [6.07, 6.45) is -0.114. The largest absolute Gasteiger partial charge is 0.368 e. The van der Waals surface area contributed by atoms with Gasteiger partial charge >= 0.3 is 0 Å². The Morgan fingerprint density at radius 1 is 1.50 bits per heavy atom. The summed E-state index contributed by atoms with van der Waals surface area (Å²) in [6.45, 7) is 6.86. The van der Waals surface area contributed by atoms with Crippen LogP contribution in [0.1, 0.15) is 30.1 Å². The molecule has 6 heteroatoms. The van der Waals surface area contributed by atoms with Gasteiger partial charge in [-0.3, -0.25) is 9.69 Å². The number of fused-ring (bicyclic) bond motifs is 1. The van der Waals surface area contributed by atoms with Crippen LogP contribution >= 0.6 is 0 Å². The van der Waals surface area contributed by atoms with Gasteiger partial charge in [-0.1, -0.05) is 6.92 Å². The normalized spacial score (nSPS) is 24.2. The van der Waals surface area contributed by atoms with Gasteiger partial charge in [0.15, 0.2) is 0 Å². The summed E-state index contributed by atoms with van der Waals surface area (Å²) in [7, 11) is 0. The van der Waals surface area contributed by atoms with E-state index in [0.717, 1.165) is 30.9 Å². The molecule has 2 aliphatic heterocycles. The molecule has 0 radical (unpaired) electrons. The predicted molar refractivity (Wildman–Crippen MR) is 66.2 cm³/mol. The summed E-state index contributed by atoms with van der Waals surface area (Å²) in [5.74, 6) is 0.667. The van der Waals surface area contributed by atoms with Gasteiger partial charge in [0.25, 0.3) is 5.56 Å². The summed E-state index contributed by atoms with van der Waals surface area (Å²) in [4.78, 5) is 21.6. The van der Waals surface area contributed by atoms with Crippen LogP contribution in [-0.4, -0.2) is 41.1 Å². The zero-order valence-electron chi connectivity index (χ0n) is 10.5. The lowest BCUT2D eigenvalue weighted by molar-refractivity contribution is -0.0327. The summed E-state index contributed by atoms with van der Waals surface area (Å²) in [5.41, 5.74) is 1.60. The molecule has 2 N–H and O–H groups in total. The summed E-state index contributed by atoms with van der Waals surface area (Å²) < 4.78 is 5.72. The molecular formula is C12H18N4O2. The van der Waals surface area contributed by atoms with E-state index in [0.29, 0.717) is 25.5 Å². The van der Waals surface area contributed by atoms with Crippen LogP contribution < -0.4 is 10.9 Å². The van der Waals surface area contributed by atoms with E-state index < -0.39 is 0 Å². The third kappa shape index (κ3) is 2.07. The van der Waals surface area contributed by atoms with Crippen molar-refractivity contribution in [2.24, 2.45) is 0 Å². The van der Waals surface area contributed by atoms with Crippen molar-refractivity contribution in [3.05, 3.63) is 27.4 Å². The molecule has 1 unspecified atom stereocenters. The lowest BCUT2D eigenvalue weighted by Gasteiger charge is -2.31. The molecule has 98 valence electrons. The highest BCUT2D eigenvalue weighted by molar-refractivity contribution is 5.22. The van der Waals surface area contributed by atoms with Crippen molar-refractivity contribution in [3.63, 3.8) is 0 Å². The first-order chi connectivity index (χ1) is 8.78. The molecular weight excluding hydrogens is 232 g/mol. The number of aromatic nitrogens is 2. The lowest BCUT2D eigenvalue weighted by atomic mass is 10.2. The SMILES string of the molecule is CCN1CCOC(c2nc3c(c(=O)[nH]2)CNC3)C1. The minimum absolute atomic E-state index is 0.0304. The second-order valence-electron chi connectivity index (χ2n) is 4.73.